The van der Waals surface area contributed by atoms with Gasteiger partial charge in [-0.25, -0.2) is 13.6 Å². The molecule has 1 aliphatic heterocycles. The Morgan fingerprint density at radius 2 is 1.83 bits per heavy atom. The number of fused-ring (bicyclic) bond motifs is 1. The monoisotopic (exact) mass is 491 g/mol. The normalized spacial score (nSPS) is 15.6. The Morgan fingerprint density at radius 3 is 2.53 bits per heavy atom. The zero-order chi connectivity index (χ0) is 21.3. The SMILES string of the molecule is O=C(OCc1ccccc1)N1c2c(cc(F)c(F)c2Br)CCC1c1ccc(Cl)cc1. The maximum Gasteiger partial charge on any atom is 0.415 e. The van der Waals surface area contributed by atoms with E-state index in [4.69, 9.17) is 16.3 Å². The van der Waals surface area contributed by atoms with Crippen molar-refractivity contribution in [1.82, 2.24) is 0 Å². The van der Waals surface area contributed by atoms with E-state index in [1.165, 1.54) is 4.90 Å². The van der Waals surface area contributed by atoms with Gasteiger partial charge in [-0.1, -0.05) is 54.1 Å². The third-order valence-corrected chi connectivity index (χ3v) is 6.09. The first-order valence-corrected chi connectivity index (χ1v) is 10.5. The minimum atomic E-state index is -1.04. The molecule has 3 aromatic rings. The highest BCUT2D eigenvalue weighted by atomic mass is 79.9. The summed E-state index contributed by atoms with van der Waals surface area (Å²) in [5.74, 6) is -1.99. The van der Waals surface area contributed by atoms with E-state index in [0.29, 0.717) is 23.4 Å². The highest BCUT2D eigenvalue weighted by molar-refractivity contribution is 9.10. The number of hydrogen-bond donors (Lipinski definition) is 0. The van der Waals surface area contributed by atoms with Gasteiger partial charge in [0, 0.05) is 5.02 Å². The Balaban J connectivity index is 1.73. The minimum Gasteiger partial charge on any atom is -0.444 e. The van der Waals surface area contributed by atoms with Gasteiger partial charge in [-0.2, -0.15) is 0 Å². The number of halogens is 4. The highest BCUT2D eigenvalue weighted by Gasteiger charge is 2.36. The number of ether oxygens (including phenoxy) is 1. The van der Waals surface area contributed by atoms with Gasteiger partial charge in [-0.15, -0.1) is 0 Å². The lowest BCUT2D eigenvalue weighted by molar-refractivity contribution is 0.143. The van der Waals surface area contributed by atoms with E-state index in [1.54, 1.807) is 12.1 Å². The van der Waals surface area contributed by atoms with E-state index in [2.05, 4.69) is 15.9 Å². The van der Waals surface area contributed by atoms with Gasteiger partial charge in [-0.05, 0) is 63.7 Å². The molecule has 3 nitrogen and oxygen atoms in total. The van der Waals surface area contributed by atoms with Crippen molar-refractivity contribution in [2.75, 3.05) is 4.90 Å². The zero-order valence-corrected chi connectivity index (χ0v) is 18.1. The lowest BCUT2D eigenvalue weighted by Gasteiger charge is -2.37. The summed E-state index contributed by atoms with van der Waals surface area (Å²) >= 11 is 9.16. The predicted molar refractivity (Wildman–Crippen MR) is 116 cm³/mol. The first kappa shape index (κ1) is 20.8. The Bertz CT molecular complexity index is 1080. The summed E-state index contributed by atoms with van der Waals surface area (Å²) in [6.07, 6.45) is 0.388. The molecule has 0 bridgehead atoms. The summed E-state index contributed by atoms with van der Waals surface area (Å²) in [5, 5.41) is 0.572. The third-order valence-electron chi connectivity index (χ3n) is 5.11. The van der Waals surface area contributed by atoms with Crippen LogP contribution >= 0.6 is 27.5 Å². The second-order valence-corrected chi connectivity index (χ2v) is 8.24. The molecule has 0 spiro atoms. The molecule has 1 aliphatic rings. The Morgan fingerprint density at radius 1 is 1.13 bits per heavy atom. The summed E-state index contributed by atoms with van der Waals surface area (Å²) < 4.78 is 33.8. The van der Waals surface area contributed by atoms with Gasteiger partial charge in [-0.3, -0.25) is 4.90 Å². The van der Waals surface area contributed by atoms with Crippen molar-refractivity contribution in [3.05, 3.63) is 98.5 Å². The number of carbonyl (C=O) groups excluding carboxylic acids is 1. The van der Waals surface area contributed by atoms with E-state index >= 15 is 0 Å². The number of hydrogen-bond acceptors (Lipinski definition) is 2. The molecule has 1 heterocycles. The molecule has 3 aromatic carbocycles. The molecule has 0 radical (unpaired) electrons. The van der Waals surface area contributed by atoms with Crippen LogP contribution in [0.4, 0.5) is 19.3 Å². The van der Waals surface area contributed by atoms with Gasteiger partial charge in [0.2, 0.25) is 0 Å². The first-order valence-electron chi connectivity index (χ1n) is 9.37. The number of aryl methyl sites for hydroxylation is 1. The summed E-state index contributed by atoms with van der Waals surface area (Å²) in [6, 6.07) is 17.1. The van der Waals surface area contributed by atoms with Crippen LogP contribution in [-0.2, 0) is 17.8 Å². The number of nitrogens with zero attached hydrogens (tertiary/aromatic N) is 1. The minimum absolute atomic E-state index is 0.0696. The van der Waals surface area contributed by atoms with Crippen LogP contribution in [0.15, 0.2) is 65.1 Å². The Hall–Kier alpha value is -2.44. The van der Waals surface area contributed by atoms with E-state index in [1.807, 2.05) is 42.5 Å². The number of benzene rings is 3. The molecule has 1 unspecified atom stereocenters. The number of rotatable bonds is 3. The molecular weight excluding hydrogens is 476 g/mol. The van der Waals surface area contributed by atoms with Crippen LogP contribution in [0.5, 0.6) is 0 Å². The zero-order valence-electron chi connectivity index (χ0n) is 15.7. The molecule has 7 heteroatoms. The van der Waals surface area contributed by atoms with Crippen molar-refractivity contribution >= 4 is 39.3 Å². The van der Waals surface area contributed by atoms with E-state index in [-0.39, 0.29) is 16.8 Å². The highest BCUT2D eigenvalue weighted by Crippen LogP contribution is 2.45. The first-order chi connectivity index (χ1) is 14.5. The molecule has 0 fully saturated rings. The number of carbonyl (C=O) groups is 1. The molecule has 0 N–H and O–H groups in total. The molecule has 4 rings (SSSR count). The smallest absolute Gasteiger partial charge is 0.415 e. The van der Waals surface area contributed by atoms with E-state index < -0.39 is 23.8 Å². The van der Waals surface area contributed by atoms with Crippen LogP contribution in [-0.4, -0.2) is 6.09 Å². The van der Waals surface area contributed by atoms with Crippen LogP contribution in [0.25, 0.3) is 0 Å². The number of amides is 1. The van der Waals surface area contributed by atoms with Crippen LogP contribution < -0.4 is 4.90 Å². The van der Waals surface area contributed by atoms with Crippen molar-refractivity contribution in [2.24, 2.45) is 0 Å². The second-order valence-electron chi connectivity index (χ2n) is 7.01. The van der Waals surface area contributed by atoms with Gasteiger partial charge >= 0.3 is 6.09 Å². The molecule has 1 amide bonds. The number of anilines is 1. The molecule has 0 aliphatic carbocycles. The average Bonchev–Trinajstić information content (AvgIpc) is 2.76. The lowest BCUT2D eigenvalue weighted by Crippen LogP contribution is -2.39. The third kappa shape index (κ3) is 4.07. The molecule has 0 saturated heterocycles. The topological polar surface area (TPSA) is 29.5 Å². The van der Waals surface area contributed by atoms with Gasteiger partial charge < -0.3 is 4.74 Å². The van der Waals surface area contributed by atoms with Crippen LogP contribution in [0, 0.1) is 11.6 Å². The maximum absolute atomic E-state index is 14.4. The largest absolute Gasteiger partial charge is 0.444 e. The van der Waals surface area contributed by atoms with Crippen LogP contribution in [0.2, 0.25) is 5.02 Å². The van der Waals surface area contributed by atoms with E-state index in [9.17, 15) is 13.6 Å². The fourth-order valence-corrected chi connectivity index (χ4v) is 4.43. The van der Waals surface area contributed by atoms with Crippen molar-refractivity contribution in [1.29, 1.82) is 0 Å². The Labute approximate surface area is 186 Å². The molecule has 154 valence electrons. The summed E-state index contributed by atoms with van der Waals surface area (Å²) in [5.41, 5.74) is 2.50. The van der Waals surface area contributed by atoms with Gasteiger partial charge in [0.15, 0.2) is 11.6 Å². The average molecular weight is 493 g/mol. The summed E-state index contributed by atoms with van der Waals surface area (Å²) in [4.78, 5) is 14.6. The summed E-state index contributed by atoms with van der Waals surface area (Å²) in [6.45, 7) is 0.0696. The molecule has 0 saturated carbocycles. The fourth-order valence-electron chi connectivity index (χ4n) is 3.67. The molecule has 30 heavy (non-hydrogen) atoms. The molecule has 0 aromatic heterocycles. The second kappa shape index (κ2) is 8.74. The van der Waals surface area contributed by atoms with Gasteiger partial charge in [0.25, 0.3) is 0 Å². The Kier molecular flexibility index (Phi) is 6.06. The van der Waals surface area contributed by atoms with E-state index in [0.717, 1.165) is 17.2 Å². The quantitative estimate of drug-likeness (QED) is 0.362. The molecular formula is C23H17BrClF2NO2. The van der Waals surface area contributed by atoms with Gasteiger partial charge in [0.1, 0.15) is 6.61 Å². The molecule has 1 atom stereocenters. The standard InChI is InChI=1S/C23H17BrClF2NO2/c24-20-21(27)18(26)12-16-8-11-19(15-6-9-17(25)10-7-15)28(22(16)20)23(29)30-13-14-4-2-1-3-5-14/h1-7,9-10,12,19H,8,11,13H2. The van der Waals surface area contributed by atoms with Crippen molar-refractivity contribution in [2.45, 2.75) is 25.5 Å². The maximum atomic E-state index is 14.4. The van der Waals surface area contributed by atoms with Crippen molar-refractivity contribution < 1.29 is 18.3 Å². The van der Waals surface area contributed by atoms with Crippen LogP contribution in [0.1, 0.15) is 29.2 Å². The lowest BCUT2D eigenvalue weighted by atomic mass is 9.91. The summed E-state index contributed by atoms with van der Waals surface area (Å²) in [7, 11) is 0. The predicted octanol–water partition coefficient (Wildman–Crippen LogP) is 7.21. The fraction of sp³-hybridized carbons (Fsp3) is 0.174. The van der Waals surface area contributed by atoms with Crippen LogP contribution in [0.3, 0.4) is 0 Å². The van der Waals surface area contributed by atoms with Gasteiger partial charge in [0.05, 0.1) is 16.2 Å². The van der Waals surface area contributed by atoms with Crippen molar-refractivity contribution in [3.8, 4) is 0 Å². The van der Waals surface area contributed by atoms with Crippen molar-refractivity contribution in [3.63, 3.8) is 0 Å².